The van der Waals surface area contributed by atoms with E-state index in [-0.39, 0.29) is 11.6 Å². The molecular formula is C17H14O2. The molecule has 2 aromatic rings. The lowest BCUT2D eigenvalue weighted by Gasteiger charge is -2.21. The maximum atomic E-state index is 12.3. The van der Waals surface area contributed by atoms with Crippen LogP contribution in [0.2, 0.25) is 0 Å². The average molecular weight is 250 g/mol. The van der Waals surface area contributed by atoms with Gasteiger partial charge in [-0.05, 0) is 49.1 Å². The quantitative estimate of drug-likeness (QED) is 0.669. The summed E-state index contributed by atoms with van der Waals surface area (Å²) < 4.78 is 0. The Labute approximate surface area is 112 Å². The van der Waals surface area contributed by atoms with Gasteiger partial charge in [-0.2, -0.15) is 0 Å². The van der Waals surface area contributed by atoms with E-state index in [0.29, 0.717) is 11.1 Å². The lowest BCUT2D eigenvalue weighted by molar-refractivity contribution is 0.0815. The fraction of sp³-hybridized carbons (Fsp3) is 0.176. The molecule has 2 heteroatoms. The van der Waals surface area contributed by atoms with Crippen LogP contribution in [0.1, 0.15) is 37.4 Å². The summed E-state index contributed by atoms with van der Waals surface area (Å²) in [5.41, 5.74) is 5.78. The molecule has 1 aliphatic carbocycles. The standard InChI is InChI=1S/C17H14O2/c1-9-4-6-12-13-7-5-10(2)11(3)15(13)17(19)16(18)14(12)8-9/h4-8H,1-3H3. The molecule has 0 N–H and O–H groups in total. The number of carbonyl (C=O) groups is 2. The molecule has 0 unspecified atom stereocenters. The highest BCUT2D eigenvalue weighted by Crippen LogP contribution is 2.36. The molecule has 1 aliphatic rings. The van der Waals surface area contributed by atoms with Gasteiger partial charge in [0.05, 0.1) is 0 Å². The van der Waals surface area contributed by atoms with Gasteiger partial charge >= 0.3 is 0 Å². The van der Waals surface area contributed by atoms with Gasteiger partial charge in [-0.15, -0.1) is 0 Å². The Morgan fingerprint density at radius 3 is 2.16 bits per heavy atom. The van der Waals surface area contributed by atoms with Crippen LogP contribution < -0.4 is 0 Å². The number of benzene rings is 2. The Morgan fingerprint density at radius 1 is 0.737 bits per heavy atom. The molecule has 0 spiro atoms. The summed E-state index contributed by atoms with van der Waals surface area (Å²) in [6.45, 7) is 5.78. The van der Waals surface area contributed by atoms with Crippen molar-refractivity contribution in [1.29, 1.82) is 0 Å². The highest BCUT2D eigenvalue weighted by molar-refractivity contribution is 6.53. The highest BCUT2D eigenvalue weighted by atomic mass is 16.2. The van der Waals surface area contributed by atoms with Gasteiger partial charge in [0.1, 0.15) is 0 Å². The molecule has 0 radical (unpaired) electrons. The fourth-order valence-electron chi connectivity index (χ4n) is 2.65. The monoisotopic (exact) mass is 250 g/mol. The SMILES string of the molecule is Cc1ccc2c(c1)C(=O)C(=O)c1c-2ccc(C)c1C. The second-order valence-corrected chi connectivity index (χ2v) is 5.14. The Bertz CT molecular complexity index is 739. The van der Waals surface area contributed by atoms with Crippen LogP contribution in [-0.2, 0) is 0 Å². The number of carbonyl (C=O) groups excluding carboxylic acids is 2. The normalized spacial score (nSPS) is 13.2. The zero-order valence-corrected chi connectivity index (χ0v) is 11.2. The number of rotatable bonds is 0. The maximum absolute atomic E-state index is 12.3. The van der Waals surface area contributed by atoms with Gasteiger partial charge in [0, 0.05) is 11.1 Å². The highest BCUT2D eigenvalue weighted by Gasteiger charge is 2.31. The minimum Gasteiger partial charge on any atom is -0.285 e. The summed E-state index contributed by atoms with van der Waals surface area (Å²) in [6.07, 6.45) is 0. The number of hydrogen-bond acceptors (Lipinski definition) is 2. The lowest BCUT2D eigenvalue weighted by Crippen LogP contribution is -2.22. The van der Waals surface area contributed by atoms with Gasteiger partial charge in [0.15, 0.2) is 0 Å². The minimum atomic E-state index is -0.389. The van der Waals surface area contributed by atoms with Crippen molar-refractivity contribution in [3.05, 3.63) is 58.1 Å². The summed E-state index contributed by atoms with van der Waals surface area (Å²) in [4.78, 5) is 24.6. The van der Waals surface area contributed by atoms with Gasteiger partial charge < -0.3 is 0 Å². The molecule has 0 saturated carbocycles. The first-order valence-electron chi connectivity index (χ1n) is 6.31. The predicted octanol–water partition coefficient (Wildman–Crippen LogP) is 3.66. The molecule has 94 valence electrons. The Balaban J connectivity index is 2.42. The van der Waals surface area contributed by atoms with Crippen molar-refractivity contribution in [1.82, 2.24) is 0 Å². The second-order valence-electron chi connectivity index (χ2n) is 5.14. The molecule has 0 fully saturated rings. The van der Waals surface area contributed by atoms with Gasteiger partial charge in [0.2, 0.25) is 11.6 Å². The molecule has 0 bridgehead atoms. The van der Waals surface area contributed by atoms with E-state index in [4.69, 9.17) is 0 Å². The molecular weight excluding hydrogens is 236 g/mol. The van der Waals surface area contributed by atoms with Gasteiger partial charge in [-0.1, -0.05) is 29.8 Å². The van der Waals surface area contributed by atoms with E-state index in [2.05, 4.69) is 0 Å². The summed E-state index contributed by atoms with van der Waals surface area (Å²) in [6, 6.07) is 9.65. The Kier molecular flexibility index (Phi) is 2.42. The molecule has 0 saturated heterocycles. The van der Waals surface area contributed by atoms with Crippen LogP contribution in [0.25, 0.3) is 11.1 Å². The van der Waals surface area contributed by atoms with Crippen LogP contribution in [0.5, 0.6) is 0 Å². The van der Waals surface area contributed by atoms with Crippen molar-refractivity contribution in [3.8, 4) is 11.1 Å². The van der Waals surface area contributed by atoms with E-state index in [1.165, 1.54) is 0 Å². The minimum absolute atomic E-state index is 0.380. The second kappa shape index (κ2) is 3.89. The van der Waals surface area contributed by atoms with Crippen molar-refractivity contribution in [2.24, 2.45) is 0 Å². The molecule has 0 heterocycles. The van der Waals surface area contributed by atoms with Crippen molar-refractivity contribution in [3.63, 3.8) is 0 Å². The third-order valence-electron chi connectivity index (χ3n) is 3.88. The third-order valence-corrected chi connectivity index (χ3v) is 3.88. The first kappa shape index (κ1) is 11.8. The molecule has 2 aromatic carbocycles. The predicted molar refractivity (Wildman–Crippen MR) is 74.8 cm³/mol. The van der Waals surface area contributed by atoms with Crippen LogP contribution in [0.3, 0.4) is 0 Å². The Hall–Kier alpha value is -2.22. The van der Waals surface area contributed by atoms with E-state index < -0.39 is 0 Å². The van der Waals surface area contributed by atoms with E-state index in [1.54, 1.807) is 6.07 Å². The van der Waals surface area contributed by atoms with E-state index >= 15 is 0 Å². The lowest BCUT2D eigenvalue weighted by atomic mass is 9.80. The number of Topliss-reactive ketones (excluding diaryl/α,β-unsaturated/α-hetero) is 2. The van der Waals surface area contributed by atoms with E-state index in [0.717, 1.165) is 27.8 Å². The number of fused-ring (bicyclic) bond motifs is 3. The number of hydrogen-bond donors (Lipinski definition) is 0. The average Bonchev–Trinajstić information content (AvgIpc) is 2.39. The van der Waals surface area contributed by atoms with Gasteiger partial charge in [0.25, 0.3) is 0 Å². The topological polar surface area (TPSA) is 34.1 Å². The van der Waals surface area contributed by atoms with Crippen molar-refractivity contribution >= 4 is 11.6 Å². The third kappa shape index (κ3) is 1.56. The Morgan fingerprint density at radius 2 is 1.42 bits per heavy atom. The molecule has 0 atom stereocenters. The van der Waals surface area contributed by atoms with Crippen LogP contribution in [0, 0.1) is 20.8 Å². The fourth-order valence-corrected chi connectivity index (χ4v) is 2.65. The maximum Gasteiger partial charge on any atom is 0.234 e. The number of aryl methyl sites for hydroxylation is 2. The first-order chi connectivity index (χ1) is 9.00. The zero-order chi connectivity index (χ0) is 13.7. The van der Waals surface area contributed by atoms with Crippen molar-refractivity contribution in [2.45, 2.75) is 20.8 Å². The van der Waals surface area contributed by atoms with Crippen molar-refractivity contribution < 1.29 is 9.59 Å². The molecule has 19 heavy (non-hydrogen) atoms. The summed E-state index contributed by atoms with van der Waals surface area (Å²) in [7, 11) is 0. The number of ketones is 2. The smallest absolute Gasteiger partial charge is 0.234 e. The summed E-state index contributed by atoms with van der Waals surface area (Å²) in [5.74, 6) is -0.769. The van der Waals surface area contributed by atoms with Crippen LogP contribution in [-0.4, -0.2) is 11.6 Å². The molecule has 0 aromatic heterocycles. The molecule has 2 nitrogen and oxygen atoms in total. The van der Waals surface area contributed by atoms with Gasteiger partial charge in [-0.3, -0.25) is 9.59 Å². The van der Waals surface area contributed by atoms with E-state index in [9.17, 15) is 9.59 Å². The largest absolute Gasteiger partial charge is 0.285 e. The molecule has 3 rings (SSSR count). The van der Waals surface area contributed by atoms with Crippen molar-refractivity contribution in [2.75, 3.05) is 0 Å². The summed E-state index contributed by atoms with van der Waals surface area (Å²) >= 11 is 0. The van der Waals surface area contributed by atoms with Gasteiger partial charge in [-0.25, -0.2) is 0 Å². The summed E-state index contributed by atoms with van der Waals surface area (Å²) in [5, 5.41) is 0. The molecule has 0 aliphatic heterocycles. The molecule has 0 amide bonds. The first-order valence-corrected chi connectivity index (χ1v) is 6.31. The van der Waals surface area contributed by atoms with E-state index in [1.807, 2.05) is 45.0 Å². The zero-order valence-electron chi connectivity index (χ0n) is 11.2. The van der Waals surface area contributed by atoms with Crippen LogP contribution in [0.4, 0.5) is 0 Å². The van der Waals surface area contributed by atoms with Crippen LogP contribution in [0.15, 0.2) is 30.3 Å². The van der Waals surface area contributed by atoms with Crippen LogP contribution >= 0.6 is 0 Å².